The smallest absolute Gasteiger partial charge is 0.251 e. The van der Waals surface area contributed by atoms with Gasteiger partial charge in [0.2, 0.25) is 0 Å². The Balaban J connectivity index is 1.56. The number of carbonyl (C=O) groups is 1. The zero-order chi connectivity index (χ0) is 22.7. The molecule has 0 aliphatic heterocycles. The molecule has 164 valence electrons. The van der Waals surface area contributed by atoms with E-state index in [-0.39, 0.29) is 18.6 Å². The molecular weight excluding hydrogens is 396 g/mol. The van der Waals surface area contributed by atoms with Gasteiger partial charge in [-0.3, -0.25) is 4.79 Å². The maximum atomic E-state index is 13.2. The van der Waals surface area contributed by atoms with Gasteiger partial charge in [-0.2, -0.15) is 0 Å². The van der Waals surface area contributed by atoms with Gasteiger partial charge < -0.3 is 15.4 Å². The topological polar surface area (TPSA) is 65.1 Å². The minimum absolute atomic E-state index is 0.125. The molecule has 4 heteroatoms. The number of hydrogen-bond donors (Lipinski definition) is 3. The summed E-state index contributed by atoms with van der Waals surface area (Å²) in [6.45, 7) is 6.22. The molecule has 3 aromatic carbocycles. The number of amides is 1. The van der Waals surface area contributed by atoms with E-state index < -0.39 is 0 Å². The van der Waals surface area contributed by atoms with Crippen LogP contribution in [0.1, 0.15) is 46.8 Å². The van der Waals surface area contributed by atoms with Gasteiger partial charge in [-0.05, 0) is 59.2 Å². The van der Waals surface area contributed by atoms with Gasteiger partial charge in [0.05, 0.1) is 12.6 Å². The quantitative estimate of drug-likeness (QED) is 0.360. The molecule has 1 aromatic heterocycles. The van der Waals surface area contributed by atoms with Crippen molar-refractivity contribution in [2.75, 3.05) is 6.61 Å². The van der Waals surface area contributed by atoms with Crippen LogP contribution in [0.2, 0.25) is 0 Å². The summed E-state index contributed by atoms with van der Waals surface area (Å²) in [4.78, 5) is 16.4. The average molecular weight is 427 g/mol. The Hall–Kier alpha value is -3.37. The maximum Gasteiger partial charge on any atom is 0.251 e. The van der Waals surface area contributed by atoms with Crippen molar-refractivity contribution < 1.29 is 9.90 Å². The van der Waals surface area contributed by atoms with Gasteiger partial charge in [-0.15, -0.1) is 0 Å². The number of hydrogen-bond acceptors (Lipinski definition) is 2. The highest BCUT2D eigenvalue weighted by Gasteiger charge is 2.18. The number of carbonyl (C=O) groups excluding carboxylic acids is 1. The molecule has 4 aromatic rings. The Labute approximate surface area is 189 Å². The summed E-state index contributed by atoms with van der Waals surface area (Å²) in [7, 11) is 0. The second-order valence-electron chi connectivity index (χ2n) is 8.67. The third-order valence-corrected chi connectivity index (χ3v) is 6.14. The lowest BCUT2D eigenvalue weighted by Gasteiger charge is -2.18. The lowest BCUT2D eigenvalue weighted by atomic mass is 9.93. The number of fused-ring (bicyclic) bond motifs is 1. The van der Waals surface area contributed by atoms with E-state index in [1.807, 2.05) is 43.5 Å². The van der Waals surface area contributed by atoms with Crippen molar-refractivity contribution in [3.8, 4) is 11.1 Å². The first-order valence-electron chi connectivity index (χ1n) is 11.1. The molecule has 4 nitrogen and oxygen atoms in total. The van der Waals surface area contributed by atoms with Crippen molar-refractivity contribution in [3.63, 3.8) is 0 Å². The zero-order valence-corrected chi connectivity index (χ0v) is 18.9. The number of aromatic amines is 1. The molecule has 4 rings (SSSR count). The molecule has 1 amide bonds. The monoisotopic (exact) mass is 426 g/mol. The summed E-state index contributed by atoms with van der Waals surface area (Å²) in [6, 6.07) is 22.0. The Morgan fingerprint density at radius 2 is 1.81 bits per heavy atom. The Kier molecular flexibility index (Phi) is 6.42. The van der Waals surface area contributed by atoms with E-state index in [1.165, 1.54) is 5.56 Å². The van der Waals surface area contributed by atoms with Crippen molar-refractivity contribution in [1.29, 1.82) is 0 Å². The molecule has 1 atom stereocenters. The van der Waals surface area contributed by atoms with Gasteiger partial charge in [-0.1, -0.05) is 68.4 Å². The summed E-state index contributed by atoms with van der Waals surface area (Å²) in [5, 5.41) is 14.1. The molecule has 3 N–H and O–H groups in total. The molecule has 0 spiro atoms. The fraction of sp³-hybridized carbons (Fsp3) is 0.250. The normalized spacial score (nSPS) is 12.3. The highest BCUT2D eigenvalue weighted by molar-refractivity contribution is 5.97. The van der Waals surface area contributed by atoms with E-state index in [1.54, 1.807) is 0 Å². The van der Waals surface area contributed by atoms with Gasteiger partial charge in [0.25, 0.3) is 5.91 Å². The molecule has 1 heterocycles. The van der Waals surface area contributed by atoms with Crippen LogP contribution in [0.3, 0.4) is 0 Å². The molecule has 0 bridgehead atoms. The van der Waals surface area contributed by atoms with E-state index in [0.29, 0.717) is 17.9 Å². The molecule has 0 unspecified atom stereocenters. The highest BCUT2D eigenvalue weighted by atomic mass is 16.3. The van der Waals surface area contributed by atoms with Crippen LogP contribution in [-0.2, 0) is 6.42 Å². The van der Waals surface area contributed by atoms with Gasteiger partial charge in [-0.25, -0.2) is 0 Å². The molecular formula is C28H30N2O2. The minimum Gasteiger partial charge on any atom is -0.394 e. The number of H-pyrrole nitrogens is 1. The first-order chi connectivity index (χ1) is 15.5. The lowest BCUT2D eigenvalue weighted by molar-refractivity contribution is 0.0916. The Morgan fingerprint density at radius 1 is 1.03 bits per heavy atom. The number of nitrogens with one attached hydrogen (secondary N) is 2. The zero-order valence-electron chi connectivity index (χ0n) is 18.9. The van der Waals surface area contributed by atoms with E-state index in [0.717, 1.165) is 33.2 Å². The predicted molar refractivity (Wildman–Crippen MR) is 131 cm³/mol. The third-order valence-electron chi connectivity index (χ3n) is 6.14. The van der Waals surface area contributed by atoms with E-state index >= 15 is 0 Å². The summed E-state index contributed by atoms with van der Waals surface area (Å²) in [5.41, 5.74) is 7.15. The number of para-hydroxylation sites is 1. The van der Waals surface area contributed by atoms with Crippen LogP contribution in [0, 0.1) is 6.92 Å². The van der Waals surface area contributed by atoms with Crippen molar-refractivity contribution in [2.24, 2.45) is 0 Å². The van der Waals surface area contributed by atoms with Crippen LogP contribution in [0.15, 0.2) is 72.9 Å². The first-order valence-corrected chi connectivity index (χ1v) is 11.1. The second-order valence-corrected chi connectivity index (χ2v) is 8.67. The fourth-order valence-corrected chi connectivity index (χ4v) is 4.25. The number of aromatic nitrogens is 1. The van der Waals surface area contributed by atoms with Crippen LogP contribution < -0.4 is 5.32 Å². The second kappa shape index (κ2) is 9.41. The van der Waals surface area contributed by atoms with Crippen LogP contribution in [0.4, 0.5) is 0 Å². The molecule has 0 saturated heterocycles. The number of rotatable bonds is 7. The van der Waals surface area contributed by atoms with Gasteiger partial charge in [0.15, 0.2) is 0 Å². The van der Waals surface area contributed by atoms with Crippen molar-refractivity contribution in [1.82, 2.24) is 10.3 Å². The average Bonchev–Trinajstić information content (AvgIpc) is 3.21. The summed E-state index contributed by atoms with van der Waals surface area (Å²) < 4.78 is 0. The predicted octanol–water partition coefficient (Wildman–Crippen LogP) is 5.60. The summed E-state index contributed by atoms with van der Waals surface area (Å²) in [5.74, 6) is 0.278. The Bertz CT molecular complexity index is 1240. The van der Waals surface area contributed by atoms with Crippen molar-refractivity contribution in [2.45, 2.75) is 39.2 Å². The number of aliphatic hydroxyl groups excluding tert-OH is 1. The van der Waals surface area contributed by atoms with E-state index in [4.69, 9.17) is 0 Å². The lowest BCUT2D eigenvalue weighted by Crippen LogP contribution is -2.39. The van der Waals surface area contributed by atoms with Gasteiger partial charge in [0, 0.05) is 22.7 Å². The molecule has 0 aliphatic rings. The largest absolute Gasteiger partial charge is 0.394 e. The van der Waals surface area contributed by atoms with E-state index in [2.05, 4.69) is 60.5 Å². The Morgan fingerprint density at radius 3 is 2.59 bits per heavy atom. The maximum absolute atomic E-state index is 13.2. The number of aliphatic hydroxyl groups is 1. The summed E-state index contributed by atoms with van der Waals surface area (Å²) in [6.07, 6.45) is 2.51. The molecule has 0 saturated carbocycles. The highest BCUT2D eigenvalue weighted by Crippen LogP contribution is 2.28. The van der Waals surface area contributed by atoms with Crippen LogP contribution >= 0.6 is 0 Å². The minimum atomic E-state index is -0.367. The van der Waals surface area contributed by atoms with Gasteiger partial charge >= 0.3 is 0 Å². The van der Waals surface area contributed by atoms with Crippen LogP contribution in [-0.4, -0.2) is 28.6 Å². The molecule has 32 heavy (non-hydrogen) atoms. The van der Waals surface area contributed by atoms with Gasteiger partial charge in [0.1, 0.15) is 0 Å². The molecule has 0 radical (unpaired) electrons. The van der Waals surface area contributed by atoms with E-state index in [9.17, 15) is 9.90 Å². The third kappa shape index (κ3) is 4.46. The molecule has 0 fully saturated rings. The molecule has 0 aliphatic carbocycles. The SMILES string of the molecule is Cc1c(C(=O)N[C@@H](CO)Cc2c[nH]c3ccccc23)cccc1-c1cccc(C(C)C)c1. The van der Waals surface area contributed by atoms with Crippen molar-refractivity contribution in [3.05, 3.63) is 95.2 Å². The van der Waals surface area contributed by atoms with Crippen LogP contribution in [0.25, 0.3) is 22.0 Å². The van der Waals surface area contributed by atoms with Crippen LogP contribution in [0.5, 0.6) is 0 Å². The first kappa shape index (κ1) is 21.8. The standard InChI is InChI=1S/C28H30N2O2/c1-18(2)20-8-6-9-21(14-20)24-11-7-12-25(19(24)3)28(32)30-23(17-31)15-22-16-29-27-13-5-4-10-26(22)27/h4-14,16,18,23,29,31H,15,17H2,1-3H3,(H,30,32)/t23-/m1/s1. The number of benzene rings is 3. The van der Waals surface area contributed by atoms with Crippen molar-refractivity contribution >= 4 is 16.8 Å². The fourth-order valence-electron chi connectivity index (χ4n) is 4.25. The summed E-state index contributed by atoms with van der Waals surface area (Å²) >= 11 is 0.